The molecule has 0 radical (unpaired) electrons. The molecule has 3 heterocycles. The lowest BCUT2D eigenvalue weighted by Crippen LogP contribution is -2.37. The molecule has 0 atom stereocenters. The van der Waals surface area contributed by atoms with Crippen molar-refractivity contribution >= 4 is 18.0 Å². The molecule has 1 aliphatic heterocycles. The molecule has 1 N–H and O–H groups in total. The third kappa shape index (κ3) is 6.53. The maximum absolute atomic E-state index is 13.0. The Hall–Kier alpha value is -4.13. The molecule has 40 heavy (non-hydrogen) atoms. The number of oxime groups is 1. The summed E-state index contributed by atoms with van der Waals surface area (Å²) in [4.78, 5) is 21.5. The monoisotopic (exact) mass is 559 g/mol. The molecule has 13 heteroatoms. The van der Waals surface area contributed by atoms with Crippen molar-refractivity contribution in [1.82, 2.24) is 15.5 Å². The SMILES string of the molecule is CN/C(=N\OC=O)c1ccc(N2CCC(OCc3c(-c4ccccc4OC(F)(F)F)noc3C3CC3)CC2)cn1. The van der Waals surface area contributed by atoms with Crippen LogP contribution in [-0.4, -0.2) is 55.1 Å². The van der Waals surface area contributed by atoms with E-state index in [1.165, 1.54) is 18.2 Å². The highest BCUT2D eigenvalue weighted by Gasteiger charge is 2.36. The highest BCUT2D eigenvalue weighted by molar-refractivity contribution is 5.96. The summed E-state index contributed by atoms with van der Waals surface area (Å²) < 4.78 is 55.2. The Kier molecular flexibility index (Phi) is 8.19. The molecule has 1 aromatic carbocycles. The first-order valence-electron chi connectivity index (χ1n) is 12.9. The number of benzene rings is 1. The van der Waals surface area contributed by atoms with Crippen LogP contribution in [0.2, 0.25) is 0 Å². The zero-order valence-corrected chi connectivity index (χ0v) is 21.7. The van der Waals surface area contributed by atoms with Crippen molar-refractivity contribution in [3.63, 3.8) is 0 Å². The minimum absolute atomic E-state index is 0.0385. The van der Waals surface area contributed by atoms with E-state index in [1.54, 1.807) is 25.4 Å². The van der Waals surface area contributed by atoms with E-state index in [2.05, 4.69) is 35.1 Å². The molecule has 2 aliphatic rings. The average molecular weight is 560 g/mol. The van der Waals surface area contributed by atoms with Gasteiger partial charge in [0, 0.05) is 37.2 Å². The first-order valence-corrected chi connectivity index (χ1v) is 12.9. The fourth-order valence-electron chi connectivity index (χ4n) is 4.71. The van der Waals surface area contributed by atoms with E-state index in [-0.39, 0.29) is 36.4 Å². The number of pyridine rings is 1. The van der Waals surface area contributed by atoms with Gasteiger partial charge in [-0.2, -0.15) is 0 Å². The van der Waals surface area contributed by atoms with E-state index in [0.717, 1.165) is 44.5 Å². The van der Waals surface area contributed by atoms with Crippen molar-refractivity contribution in [3.05, 3.63) is 59.6 Å². The minimum atomic E-state index is -4.83. The van der Waals surface area contributed by atoms with Gasteiger partial charge >= 0.3 is 12.8 Å². The normalized spacial score (nSPS) is 16.6. The van der Waals surface area contributed by atoms with E-state index in [9.17, 15) is 18.0 Å². The number of nitrogens with one attached hydrogen (secondary N) is 1. The van der Waals surface area contributed by atoms with Gasteiger partial charge in [-0.05, 0) is 49.9 Å². The summed E-state index contributed by atoms with van der Waals surface area (Å²) in [5.74, 6) is 0.871. The number of carbonyl (C=O) groups is 1. The molecule has 2 fully saturated rings. The number of para-hydroxylation sites is 1. The number of halogens is 3. The van der Waals surface area contributed by atoms with Crippen LogP contribution in [0.5, 0.6) is 5.75 Å². The van der Waals surface area contributed by atoms with Crippen LogP contribution in [0.25, 0.3) is 11.3 Å². The van der Waals surface area contributed by atoms with Gasteiger partial charge in [0.2, 0.25) is 0 Å². The van der Waals surface area contributed by atoms with Crippen LogP contribution in [-0.2, 0) is 21.0 Å². The number of hydrogen-bond donors (Lipinski definition) is 1. The number of carbonyl (C=O) groups excluding carboxylic acids is 1. The van der Waals surface area contributed by atoms with Gasteiger partial charge in [-0.3, -0.25) is 9.78 Å². The van der Waals surface area contributed by atoms with Crippen LogP contribution in [0.1, 0.15) is 48.6 Å². The third-order valence-corrected chi connectivity index (χ3v) is 6.82. The van der Waals surface area contributed by atoms with Crippen LogP contribution < -0.4 is 15.0 Å². The summed E-state index contributed by atoms with van der Waals surface area (Å²) in [6.07, 6.45) is 0.266. The number of piperidine rings is 1. The van der Waals surface area contributed by atoms with Gasteiger partial charge in [-0.15, -0.1) is 13.2 Å². The van der Waals surface area contributed by atoms with Crippen molar-refractivity contribution in [2.45, 2.75) is 50.7 Å². The smallest absolute Gasteiger partial charge is 0.405 e. The van der Waals surface area contributed by atoms with Gasteiger partial charge in [-0.25, -0.2) is 0 Å². The fraction of sp³-hybridized carbons (Fsp3) is 0.407. The lowest BCUT2D eigenvalue weighted by molar-refractivity contribution is -0.274. The number of hydrogen-bond acceptors (Lipinski definition) is 9. The lowest BCUT2D eigenvalue weighted by Gasteiger charge is -2.33. The Morgan fingerprint density at radius 2 is 1.95 bits per heavy atom. The van der Waals surface area contributed by atoms with E-state index in [0.29, 0.717) is 28.5 Å². The Balaban J connectivity index is 1.23. The molecule has 10 nitrogen and oxygen atoms in total. The summed E-state index contributed by atoms with van der Waals surface area (Å²) in [6, 6.07) is 9.63. The van der Waals surface area contributed by atoms with E-state index in [4.69, 9.17) is 9.26 Å². The maximum Gasteiger partial charge on any atom is 0.573 e. The quantitative estimate of drug-likeness (QED) is 0.124. The van der Waals surface area contributed by atoms with Crippen LogP contribution in [0.15, 0.2) is 52.3 Å². The number of alkyl halides is 3. The Morgan fingerprint density at radius 1 is 1.18 bits per heavy atom. The van der Waals surface area contributed by atoms with Gasteiger partial charge in [0.25, 0.3) is 0 Å². The second kappa shape index (κ2) is 11.9. The number of rotatable bonds is 10. The molecular formula is C27H28F3N5O5. The van der Waals surface area contributed by atoms with Gasteiger partial charge < -0.3 is 29.1 Å². The second-order valence-electron chi connectivity index (χ2n) is 9.48. The van der Waals surface area contributed by atoms with Gasteiger partial charge in [0.15, 0.2) is 5.84 Å². The average Bonchev–Trinajstić information content (AvgIpc) is 3.71. The molecule has 0 unspecified atom stereocenters. The molecule has 0 spiro atoms. The van der Waals surface area contributed by atoms with Crippen molar-refractivity contribution < 1.29 is 36.8 Å². The number of anilines is 1. The standard InChI is InChI=1S/C27H28F3N5O5/c1-31-26(34-38-16-36)22-9-8-18(14-32-22)35-12-10-19(11-13-35)37-15-21-24(33-40-25(21)17-6-7-17)20-4-2-3-5-23(20)39-27(28,29)30/h2-5,8-9,14,16-17,19H,6-7,10-13,15H2,1H3,(H,31,34). The molecule has 1 saturated carbocycles. The zero-order chi connectivity index (χ0) is 28.1. The summed E-state index contributed by atoms with van der Waals surface area (Å²) in [5, 5.41) is 10.6. The maximum atomic E-state index is 13.0. The summed E-state index contributed by atoms with van der Waals surface area (Å²) in [7, 11) is 1.65. The zero-order valence-electron chi connectivity index (χ0n) is 21.7. The first-order chi connectivity index (χ1) is 19.4. The van der Waals surface area contributed by atoms with E-state index >= 15 is 0 Å². The molecule has 212 valence electrons. The topological polar surface area (TPSA) is 111 Å². The highest BCUT2D eigenvalue weighted by atomic mass is 19.4. The highest BCUT2D eigenvalue weighted by Crippen LogP contribution is 2.45. The van der Waals surface area contributed by atoms with E-state index in [1.807, 2.05) is 6.07 Å². The van der Waals surface area contributed by atoms with Crippen molar-refractivity contribution in [3.8, 4) is 17.0 Å². The number of nitrogens with zero attached hydrogens (tertiary/aromatic N) is 4. The van der Waals surface area contributed by atoms with Crippen LogP contribution >= 0.6 is 0 Å². The Bertz CT molecular complexity index is 1330. The van der Waals surface area contributed by atoms with Gasteiger partial charge in [-0.1, -0.05) is 22.4 Å². The lowest BCUT2D eigenvalue weighted by atomic mass is 10.0. The molecule has 1 aliphatic carbocycles. The summed E-state index contributed by atoms with van der Waals surface area (Å²) in [5.41, 5.74) is 2.66. The molecule has 0 amide bonds. The molecular weight excluding hydrogens is 531 g/mol. The summed E-state index contributed by atoms with van der Waals surface area (Å²) in [6.45, 7) is 1.89. The molecule has 2 aromatic heterocycles. The minimum Gasteiger partial charge on any atom is -0.405 e. The fourth-order valence-corrected chi connectivity index (χ4v) is 4.71. The predicted molar refractivity (Wildman–Crippen MR) is 138 cm³/mol. The first kappa shape index (κ1) is 27.4. The van der Waals surface area contributed by atoms with Gasteiger partial charge in [0.05, 0.1) is 24.6 Å². The number of aromatic nitrogens is 2. The summed E-state index contributed by atoms with van der Waals surface area (Å²) >= 11 is 0. The molecule has 5 rings (SSSR count). The number of ether oxygens (including phenoxy) is 2. The van der Waals surface area contributed by atoms with Crippen LogP contribution in [0.4, 0.5) is 18.9 Å². The molecule has 1 saturated heterocycles. The van der Waals surface area contributed by atoms with Crippen LogP contribution in [0, 0.1) is 0 Å². The van der Waals surface area contributed by atoms with Crippen molar-refractivity contribution in [2.75, 3.05) is 25.0 Å². The number of amidine groups is 1. The van der Waals surface area contributed by atoms with Gasteiger partial charge in [0.1, 0.15) is 22.9 Å². The molecule has 3 aromatic rings. The van der Waals surface area contributed by atoms with Crippen molar-refractivity contribution in [2.24, 2.45) is 5.16 Å². The Labute approximate surface area is 228 Å². The largest absolute Gasteiger partial charge is 0.573 e. The van der Waals surface area contributed by atoms with Crippen molar-refractivity contribution in [1.29, 1.82) is 0 Å². The second-order valence-corrected chi connectivity index (χ2v) is 9.48. The Morgan fingerprint density at radius 3 is 2.60 bits per heavy atom. The third-order valence-electron chi connectivity index (χ3n) is 6.82. The van der Waals surface area contributed by atoms with E-state index < -0.39 is 6.36 Å². The van der Waals surface area contributed by atoms with Crippen LogP contribution in [0.3, 0.4) is 0 Å². The predicted octanol–water partition coefficient (Wildman–Crippen LogP) is 4.75. The molecule has 0 bridgehead atoms.